The number of hydrogen-bond acceptors (Lipinski definition) is 2. The number of aliphatic hydroxyl groups excluding tert-OH is 1. The molecule has 0 saturated carbocycles. The summed E-state index contributed by atoms with van der Waals surface area (Å²) in [6, 6.07) is 9.31. The van der Waals surface area contributed by atoms with Gasteiger partial charge in [0, 0.05) is 5.92 Å². The van der Waals surface area contributed by atoms with Crippen molar-refractivity contribution in [1.29, 1.82) is 0 Å². The van der Waals surface area contributed by atoms with Crippen molar-refractivity contribution < 1.29 is 9.90 Å². The Morgan fingerprint density at radius 3 is 2.21 bits per heavy atom. The Morgan fingerprint density at radius 1 is 1.16 bits per heavy atom. The van der Waals surface area contributed by atoms with Crippen molar-refractivity contribution in [3.8, 4) is 0 Å². The minimum Gasteiger partial charge on any atom is -0.394 e. The second-order valence-corrected chi connectivity index (χ2v) is 4.93. The fraction of sp³-hybridized carbons (Fsp3) is 0.562. The molecule has 0 bridgehead atoms. The van der Waals surface area contributed by atoms with Crippen molar-refractivity contribution in [2.45, 2.75) is 45.6 Å². The highest BCUT2D eigenvalue weighted by atomic mass is 16.3. The van der Waals surface area contributed by atoms with Gasteiger partial charge in [0.1, 0.15) is 0 Å². The molecule has 3 nitrogen and oxygen atoms in total. The molecule has 0 aliphatic heterocycles. The molecule has 1 amide bonds. The molecule has 0 radical (unpaired) electrons. The number of benzene rings is 1. The molecule has 1 aromatic rings. The number of aliphatic hydroxyl groups is 1. The van der Waals surface area contributed by atoms with Crippen LogP contribution in [0.25, 0.3) is 0 Å². The zero-order valence-electron chi connectivity index (χ0n) is 11.9. The maximum Gasteiger partial charge on any atom is 0.223 e. The average molecular weight is 263 g/mol. The smallest absolute Gasteiger partial charge is 0.223 e. The van der Waals surface area contributed by atoms with Gasteiger partial charge in [-0.25, -0.2) is 0 Å². The number of carbonyl (C=O) groups is 1. The molecule has 0 fully saturated rings. The summed E-state index contributed by atoms with van der Waals surface area (Å²) in [6.07, 6.45) is 3.83. The zero-order chi connectivity index (χ0) is 14.1. The van der Waals surface area contributed by atoms with E-state index in [1.54, 1.807) is 0 Å². The average Bonchev–Trinajstić information content (AvgIpc) is 2.45. The zero-order valence-corrected chi connectivity index (χ0v) is 11.9. The summed E-state index contributed by atoms with van der Waals surface area (Å²) in [5.74, 6) is 0.124. The molecule has 0 aromatic heterocycles. The fourth-order valence-electron chi connectivity index (χ4n) is 2.31. The number of amides is 1. The van der Waals surface area contributed by atoms with Gasteiger partial charge in [0.2, 0.25) is 5.91 Å². The predicted molar refractivity (Wildman–Crippen MR) is 77.7 cm³/mol. The van der Waals surface area contributed by atoms with E-state index in [4.69, 9.17) is 0 Å². The van der Waals surface area contributed by atoms with Gasteiger partial charge in [0.15, 0.2) is 0 Å². The highest BCUT2D eigenvalue weighted by Crippen LogP contribution is 2.17. The fourth-order valence-corrected chi connectivity index (χ4v) is 2.31. The van der Waals surface area contributed by atoms with Crippen LogP contribution in [0.2, 0.25) is 0 Å². The summed E-state index contributed by atoms with van der Waals surface area (Å²) < 4.78 is 0. The molecule has 2 N–H and O–H groups in total. The van der Waals surface area contributed by atoms with E-state index >= 15 is 0 Å². The molecular formula is C16H25NO2. The van der Waals surface area contributed by atoms with Crippen molar-refractivity contribution in [3.63, 3.8) is 0 Å². The summed E-state index contributed by atoms with van der Waals surface area (Å²) >= 11 is 0. The Kier molecular flexibility index (Phi) is 7.19. The molecule has 3 heteroatoms. The van der Waals surface area contributed by atoms with Crippen molar-refractivity contribution in [1.82, 2.24) is 5.32 Å². The van der Waals surface area contributed by atoms with Crippen LogP contribution in [0.3, 0.4) is 0 Å². The third-order valence-corrected chi connectivity index (χ3v) is 3.35. The van der Waals surface area contributed by atoms with Crippen molar-refractivity contribution in [2.75, 3.05) is 6.61 Å². The standard InChI is InChI=1S/C16H25NO2/c1-3-8-14(9-4-2)16(19)17-15(12-18)13-10-6-5-7-11-13/h5-7,10-11,14-15,18H,3-4,8-9,12H2,1-2H3,(H,17,19). The number of nitrogens with one attached hydrogen (secondary N) is 1. The molecule has 0 saturated heterocycles. The lowest BCUT2D eigenvalue weighted by Crippen LogP contribution is -2.35. The van der Waals surface area contributed by atoms with Gasteiger partial charge in [-0.05, 0) is 18.4 Å². The minimum absolute atomic E-state index is 0.0617. The third kappa shape index (κ3) is 5.03. The first kappa shape index (κ1) is 15.7. The van der Waals surface area contributed by atoms with Crippen LogP contribution in [0.15, 0.2) is 30.3 Å². The quantitative estimate of drug-likeness (QED) is 0.757. The summed E-state index contributed by atoms with van der Waals surface area (Å²) in [5, 5.41) is 12.4. The van der Waals surface area contributed by atoms with Crippen molar-refractivity contribution in [3.05, 3.63) is 35.9 Å². The van der Waals surface area contributed by atoms with E-state index in [0.29, 0.717) is 0 Å². The Labute approximate surface area is 116 Å². The van der Waals surface area contributed by atoms with E-state index in [-0.39, 0.29) is 24.5 Å². The van der Waals surface area contributed by atoms with Crippen LogP contribution in [-0.4, -0.2) is 17.6 Å². The van der Waals surface area contributed by atoms with Crippen LogP contribution in [0, 0.1) is 5.92 Å². The molecule has 1 aromatic carbocycles. The minimum atomic E-state index is -0.301. The first-order chi connectivity index (χ1) is 9.22. The van der Waals surface area contributed by atoms with Crippen molar-refractivity contribution in [2.24, 2.45) is 5.92 Å². The number of rotatable bonds is 8. The highest BCUT2D eigenvalue weighted by Gasteiger charge is 2.20. The summed E-state index contributed by atoms with van der Waals surface area (Å²) in [6.45, 7) is 4.12. The van der Waals surface area contributed by atoms with Crippen LogP contribution >= 0.6 is 0 Å². The van der Waals surface area contributed by atoms with E-state index in [1.165, 1.54) is 0 Å². The van der Waals surface area contributed by atoms with Crippen LogP contribution in [-0.2, 0) is 4.79 Å². The van der Waals surface area contributed by atoms with Crippen LogP contribution in [0.5, 0.6) is 0 Å². The predicted octanol–water partition coefficient (Wildman–Crippen LogP) is 3.05. The molecule has 106 valence electrons. The maximum atomic E-state index is 12.2. The summed E-state index contributed by atoms with van der Waals surface area (Å²) in [5.41, 5.74) is 0.949. The lowest BCUT2D eigenvalue weighted by atomic mass is 9.96. The maximum absolute atomic E-state index is 12.2. The van der Waals surface area contributed by atoms with Gasteiger partial charge < -0.3 is 10.4 Å². The molecule has 0 spiro atoms. The van der Waals surface area contributed by atoms with Gasteiger partial charge in [-0.2, -0.15) is 0 Å². The Bertz CT molecular complexity index is 358. The summed E-state index contributed by atoms with van der Waals surface area (Å²) in [4.78, 5) is 12.2. The van der Waals surface area contributed by atoms with Gasteiger partial charge in [-0.1, -0.05) is 57.0 Å². The first-order valence-corrected chi connectivity index (χ1v) is 7.19. The van der Waals surface area contributed by atoms with Crippen LogP contribution in [0.1, 0.15) is 51.1 Å². The van der Waals surface area contributed by atoms with Gasteiger partial charge >= 0.3 is 0 Å². The van der Waals surface area contributed by atoms with Gasteiger partial charge in [0.25, 0.3) is 0 Å². The second-order valence-electron chi connectivity index (χ2n) is 4.93. The van der Waals surface area contributed by atoms with E-state index in [9.17, 15) is 9.90 Å². The van der Waals surface area contributed by atoms with Crippen LogP contribution in [0.4, 0.5) is 0 Å². The normalized spacial score (nSPS) is 12.4. The topological polar surface area (TPSA) is 49.3 Å². The van der Waals surface area contributed by atoms with E-state index in [2.05, 4.69) is 19.2 Å². The van der Waals surface area contributed by atoms with Gasteiger partial charge in [-0.3, -0.25) is 4.79 Å². The molecular weight excluding hydrogens is 238 g/mol. The van der Waals surface area contributed by atoms with E-state index in [0.717, 1.165) is 31.2 Å². The Balaban J connectivity index is 2.66. The first-order valence-electron chi connectivity index (χ1n) is 7.19. The molecule has 1 atom stereocenters. The largest absolute Gasteiger partial charge is 0.394 e. The molecule has 1 unspecified atom stereocenters. The molecule has 19 heavy (non-hydrogen) atoms. The van der Waals surface area contributed by atoms with Gasteiger partial charge in [-0.15, -0.1) is 0 Å². The lowest BCUT2D eigenvalue weighted by Gasteiger charge is -2.21. The summed E-state index contributed by atoms with van der Waals surface area (Å²) in [7, 11) is 0. The number of hydrogen-bond donors (Lipinski definition) is 2. The lowest BCUT2D eigenvalue weighted by molar-refractivity contribution is -0.126. The molecule has 1 rings (SSSR count). The monoisotopic (exact) mass is 263 g/mol. The Hall–Kier alpha value is -1.35. The van der Waals surface area contributed by atoms with Gasteiger partial charge in [0.05, 0.1) is 12.6 Å². The second kappa shape index (κ2) is 8.70. The van der Waals surface area contributed by atoms with E-state index < -0.39 is 0 Å². The Morgan fingerprint density at radius 2 is 1.74 bits per heavy atom. The molecule has 0 aliphatic carbocycles. The number of carbonyl (C=O) groups excluding carboxylic acids is 1. The van der Waals surface area contributed by atoms with Crippen molar-refractivity contribution >= 4 is 5.91 Å². The van der Waals surface area contributed by atoms with E-state index in [1.807, 2.05) is 30.3 Å². The SMILES string of the molecule is CCCC(CCC)C(=O)NC(CO)c1ccccc1. The molecule has 0 heterocycles. The molecule has 0 aliphatic rings. The van der Waals surface area contributed by atoms with Crippen LogP contribution < -0.4 is 5.32 Å². The third-order valence-electron chi connectivity index (χ3n) is 3.35. The highest BCUT2D eigenvalue weighted by molar-refractivity contribution is 5.79.